The van der Waals surface area contributed by atoms with Crippen LogP contribution in [0, 0.1) is 0 Å². The molecule has 0 atom stereocenters. The highest BCUT2D eigenvalue weighted by molar-refractivity contribution is 9.10. The average molecular weight is 471 g/mol. The maximum atomic E-state index is 5.94. The molecule has 28 heavy (non-hydrogen) atoms. The van der Waals surface area contributed by atoms with E-state index in [2.05, 4.69) is 28.2 Å². The standard InChI is InChI=1S/C22H29BrClNO3/c1-3-4-11-27-12-5-10-25-15-18-13-21(26-2)22(14-20(18)23)28-16-17-6-8-19(24)9-7-17/h6-9,13-14,25H,3-5,10-12,15-16H2,1-2H3. The molecule has 1 N–H and O–H groups in total. The van der Waals surface area contributed by atoms with Gasteiger partial charge in [-0.15, -0.1) is 0 Å². The fourth-order valence-electron chi connectivity index (χ4n) is 2.60. The third-order valence-corrected chi connectivity index (χ3v) is 5.23. The van der Waals surface area contributed by atoms with E-state index in [1.165, 1.54) is 6.42 Å². The molecule has 0 fully saturated rings. The van der Waals surface area contributed by atoms with E-state index in [4.69, 9.17) is 25.8 Å². The van der Waals surface area contributed by atoms with Gasteiger partial charge in [-0.05, 0) is 54.8 Å². The smallest absolute Gasteiger partial charge is 0.162 e. The molecule has 2 aromatic carbocycles. The predicted molar refractivity (Wildman–Crippen MR) is 119 cm³/mol. The number of benzene rings is 2. The van der Waals surface area contributed by atoms with E-state index in [1.54, 1.807) is 7.11 Å². The number of hydrogen-bond donors (Lipinski definition) is 1. The van der Waals surface area contributed by atoms with E-state index in [1.807, 2.05) is 36.4 Å². The summed E-state index contributed by atoms with van der Waals surface area (Å²) in [6.07, 6.45) is 3.31. The van der Waals surface area contributed by atoms with Crippen LogP contribution in [0.1, 0.15) is 37.3 Å². The normalized spacial score (nSPS) is 10.9. The lowest BCUT2D eigenvalue weighted by Gasteiger charge is -2.15. The summed E-state index contributed by atoms with van der Waals surface area (Å²) in [5.74, 6) is 1.43. The Balaban J connectivity index is 1.83. The van der Waals surface area contributed by atoms with Crippen molar-refractivity contribution >= 4 is 27.5 Å². The lowest BCUT2D eigenvalue weighted by molar-refractivity contribution is 0.128. The number of halogens is 2. The monoisotopic (exact) mass is 469 g/mol. The molecule has 0 radical (unpaired) electrons. The second-order valence-electron chi connectivity index (χ2n) is 6.51. The molecular weight excluding hydrogens is 442 g/mol. The van der Waals surface area contributed by atoms with Gasteiger partial charge in [0.2, 0.25) is 0 Å². The molecule has 0 saturated heterocycles. The molecule has 0 saturated carbocycles. The second-order valence-corrected chi connectivity index (χ2v) is 7.80. The highest BCUT2D eigenvalue weighted by atomic mass is 79.9. The third kappa shape index (κ3) is 8.00. The molecule has 0 spiro atoms. The van der Waals surface area contributed by atoms with Crippen molar-refractivity contribution in [3.8, 4) is 11.5 Å². The molecular formula is C22H29BrClNO3. The van der Waals surface area contributed by atoms with Gasteiger partial charge in [0.05, 0.1) is 7.11 Å². The molecule has 0 unspecified atom stereocenters. The summed E-state index contributed by atoms with van der Waals surface area (Å²) in [7, 11) is 1.66. The number of unbranched alkanes of at least 4 members (excludes halogenated alkanes) is 1. The lowest BCUT2D eigenvalue weighted by atomic mass is 10.2. The van der Waals surface area contributed by atoms with Crippen LogP contribution in [0.25, 0.3) is 0 Å². The van der Waals surface area contributed by atoms with E-state index >= 15 is 0 Å². The Kier molecular flexibility index (Phi) is 10.7. The SMILES string of the molecule is CCCCOCCCNCc1cc(OC)c(OCc2ccc(Cl)cc2)cc1Br. The summed E-state index contributed by atoms with van der Waals surface area (Å²) in [5.41, 5.74) is 2.18. The van der Waals surface area contributed by atoms with Crippen molar-refractivity contribution in [3.05, 3.63) is 57.0 Å². The van der Waals surface area contributed by atoms with Gasteiger partial charge in [0, 0.05) is 29.3 Å². The van der Waals surface area contributed by atoms with Gasteiger partial charge in [-0.2, -0.15) is 0 Å². The Morgan fingerprint density at radius 3 is 2.50 bits per heavy atom. The first-order chi connectivity index (χ1) is 13.6. The van der Waals surface area contributed by atoms with Crippen LogP contribution in [-0.4, -0.2) is 26.9 Å². The van der Waals surface area contributed by atoms with Gasteiger partial charge in [-0.1, -0.05) is 53.0 Å². The van der Waals surface area contributed by atoms with Crippen LogP contribution in [0.3, 0.4) is 0 Å². The van der Waals surface area contributed by atoms with E-state index in [0.29, 0.717) is 17.4 Å². The van der Waals surface area contributed by atoms with E-state index in [0.717, 1.165) is 60.5 Å². The minimum absolute atomic E-state index is 0.454. The minimum atomic E-state index is 0.454. The van der Waals surface area contributed by atoms with Gasteiger partial charge in [-0.3, -0.25) is 0 Å². The van der Waals surface area contributed by atoms with E-state index in [-0.39, 0.29) is 0 Å². The summed E-state index contributed by atoms with van der Waals surface area (Å²) in [5, 5.41) is 4.16. The number of methoxy groups -OCH3 is 1. The van der Waals surface area contributed by atoms with Crippen LogP contribution in [-0.2, 0) is 17.9 Å². The number of nitrogens with one attached hydrogen (secondary N) is 1. The van der Waals surface area contributed by atoms with Crippen molar-refractivity contribution in [2.45, 2.75) is 39.3 Å². The summed E-state index contributed by atoms with van der Waals surface area (Å²) >= 11 is 9.56. The fraction of sp³-hybridized carbons (Fsp3) is 0.455. The van der Waals surface area contributed by atoms with Gasteiger partial charge >= 0.3 is 0 Å². The zero-order valence-electron chi connectivity index (χ0n) is 16.6. The van der Waals surface area contributed by atoms with Crippen molar-refractivity contribution in [2.24, 2.45) is 0 Å². The van der Waals surface area contributed by atoms with Crippen LogP contribution >= 0.6 is 27.5 Å². The molecule has 0 heterocycles. The zero-order valence-corrected chi connectivity index (χ0v) is 18.9. The predicted octanol–water partition coefficient (Wildman–Crippen LogP) is 5.99. The molecule has 4 nitrogen and oxygen atoms in total. The van der Waals surface area contributed by atoms with Gasteiger partial charge in [0.15, 0.2) is 11.5 Å². The summed E-state index contributed by atoms with van der Waals surface area (Å²) in [6, 6.07) is 11.6. The maximum Gasteiger partial charge on any atom is 0.162 e. The van der Waals surface area contributed by atoms with Crippen LogP contribution in [0.4, 0.5) is 0 Å². The molecule has 0 aliphatic rings. The lowest BCUT2D eigenvalue weighted by Crippen LogP contribution is -2.17. The largest absolute Gasteiger partial charge is 0.493 e. The fourth-order valence-corrected chi connectivity index (χ4v) is 3.19. The summed E-state index contributed by atoms with van der Waals surface area (Å²) in [6.45, 7) is 5.95. The molecule has 0 amide bonds. The maximum absolute atomic E-state index is 5.94. The first-order valence-corrected chi connectivity index (χ1v) is 10.8. The van der Waals surface area contributed by atoms with Crippen molar-refractivity contribution in [1.29, 1.82) is 0 Å². The molecule has 0 aliphatic heterocycles. The number of hydrogen-bond acceptors (Lipinski definition) is 4. The van der Waals surface area contributed by atoms with Crippen molar-refractivity contribution < 1.29 is 14.2 Å². The molecule has 6 heteroatoms. The van der Waals surface area contributed by atoms with Crippen molar-refractivity contribution in [3.63, 3.8) is 0 Å². The van der Waals surface area contributed by atoms with Crippen LogP contribution < -0.4 is 14.8 Å². The topological polar surface area (TPSA) is 39.7 Å². The first-order valence-electron chi connectivity index (χ1n) is 9.66. The molecule has 154 valence electrons. The second kappa shape index (κ2) is 13.0. The van der Waals surface area contributed by atoms with E-state index < -0.39 is 0 Å². The van der Waals surface area contributed by atoms with Crippen LogP contribution in [0.15, 0.2) is 40.9 Å². The zero-order chi connectivity index (χ0) is 20.2. The summed E-state index contributed by atoms with van der Waals surface area (Å²) in [4.78, 5) is 0. The van der Waals surface area contributed by atoms with Crippen molar-refractivity contribution in [2.75, 3.05) is 26.9 Å². The molecule has 0 aromatic heterocycles. The molecule has 2 aromatic rings. The Morgan fingerprint density at radius 1 is 1.04 bits per heavy atom. The van der Waals surface area contributed by atoms with Crippen LogP contribution in [0.2, 0.25) is 5.02 Å². The minimum Gasteiger partial charge on any atom is -0.493 e. The van der Waals surface area contributed by atoms with E-state index in [9.17, 15) is 0 Å². The van der Waals surface area contributed by atoms with Gasteiger partial charge in [-0.25, -0.2) is 0 Å². The Hall–Kier alpha value is -1.27. The van der Waals surface area contributed by atoms with Crippen molar-refractivity contribution in [1.82, 2.24) is 5.32 Å². The molecule has 2 rings (SSSR count). The Labute approximate surface area is 181 Å². The van der Waals surface area contributed by atoms with Gasteiger partial charge in [0.1, 0.15) is 6.61 Å². The average Bonchev–Trinajstić information content (AvgIpc) is 2.70. The highest BCUT2D eigenvalue weighted by Gasteiger charge is 2.10. The number of rotatable bonds is 13. The third-order valence-electron chi connectivity index (χ3n) is 4.24. The number of ether oxygens (including phenoxy) is 3. The molecule has 0 bridgehead atoms. The Morgan fingerprint density at radius 2 is 1.79 bits per heavy atom. The summed E-state index contributed by atoms with van der Waals surface area (Å²) < 4.78 is 18.0. The van der Waals surface area contributed by atoms with Gasteiger partial charge < -0.3 is 19.5 Å². The first kappa shape index (κ1) is 23.0. The molecule has 0 aliphatic carbocycles. The van der Waals surface area contributed by atoms with Gasteiger partial charge in [0.25, 0.3) is 0 Å². The quantitative estimate of drug-likeness (QED) is 0.365. The highest BCUT2D eigenvalue weighted by Crippen LogP contribution is 2.34. The van der Waals surface area contributed by atoms with Crippen LogP contribution in [0.5, 0.6) is 11.5 Å². The Bertz CT molecular complexity index is 710.